The summed E-state index contributed by atoms with van der Waals surface area (Å²) in [7, 11) is -4.80. The first kappa shape index (κ1) is 9.96. The van der Waals surface area contributed by atoms with Crippen LogP contribution in [0.25, 0.3) is 0 Å². The monoisotopic (exact) mass is 219 g/mol. The molecule has 0 saturated heterocycles. The van der Waals surface area contributed by atoms with Crippen molar-refractivity contribution in [2.24, 2.45) is 0 Å². The minimum atomic E-state index is -4.80. The first-order chi connectivity index (χ1) is 5.95. The van der Waals surface area contributed by atoms with Gasteiger partial charge in [0.2, 0.25) is 0 Å². The average Bonchev–Trinajstić information content (AvgIpc) is 2.01. The molecule has 68 valence electrons. The summed E-state index contributed by atoms with van der Waals surface area (Å²) in [5, 5.41) is 8.11. The molecule has 6 heteroatoms. The highest BCUT2D eigenvalue weighted by Crippen LogP contribution is 2.23. The molecule has 0 radical (unpaired) electrons. The first-order valence-electron chi connectivity index (χ1n) is 3.09. The van der Waals surface area contributed by atoms with Gasteiger partial charge in [-0.2, -0.15) is 13.7 Å². The molecule has 13 heavy (non-hydrogen) atoms. The van der Waals surface area contributed by atoms with Crippen LogP contribution in [0.15, 0.2) is 23.1 Å². The second-order valence-electron chi connectivity index (χ2n) is 2.19. The smallest absolute Gasteiger partial charge is 0.192 e. The molecule has 1 aromatic carbocycles. The van der Waals surface area contributed by atoms with Crippen LogP contribution in [0.3, 0.4) is 0 Å². The molecule has 0 bridgehead atoms. The lowest BCUT2D eigenvalue weighted by atomic mass is 10.2. The molecule has 0 unspecified atom stereocenters. The number of nitriles is 1. The van der Waals surface area contributed by atoms with Crippen molar-refractivity contribution in [3.8, 4) is 6.07 Å². The van der Waals surface area contributed by atoms with Crippen LogP contribution in [0.5, 0.6) is 0 Å². The van der Waals surface area contributed by atoms with E-state index in [1.54, 1.807) is 6.07 Å². The van der Waals surface area contributed by atoms with Crippen LogP contribution in [0.1, 0.15) is 5.56 Å². The van der Waals surface area contributed by atoms with E-state index in [2.05, 4.69) is 0 Å². The predicted molar refractivity (Wildman–Crippen MR) is 44.5 cm³/mol. The second kappa shape index (κ2) is 3.32. The third-order valence-corrected chi connectivity index (χ3v) is 2.63. The molecule has 0 fully saturated rings. The van der Waals surface area contributed by atoms with E-state index in [1.807, 2.05) is 0 Å². The topological polar surface area (TPSA) is 57.9 Å². The highest BCUT2D eigenvalue weighted by Gasteiger charge is 2.16. The molecular formula is C7H3ClFNO2S. The zero-order chi connectivity index (χ0) is 10.1. The van der Waals surface area contributed by atoms with Gasteiger partial charge in [0.1, 0.15) is 4.90 Å². The highest BCUT2D eigenvalue weighted by molar-refractivity contribution is 7.86. The second-order valence-corrected chi connectivity index (χ2v) is 3.92. The summed E-state index contributed by atoms with van der Waals surface area (Å²) in [4.78, 5) is -0.617. The number of rotatable bonds is 1. The maximum absolute atomic E-state index is 12.4. The molecule has 0 N–H and O–H groups in total. The third-order valence-electron chi connectivity index (χ3n) is 1.32. The van der Waals surface area contributed by atoms with Crippen LogP contribution in [-0.2, 0) is 10.2 Å². The van der Waals surface area contributed by atoms with Crippen LogP contribution >= 0.6 is 11.6 Å². The standard InChI is InChI=1S/C7H3ClFNO2S/c8-6-3-5(4-10)1-2-7(6)13(9,11)12/h1-3H. The Morgan fingerprint density at radius 3 is 2.46 bits per heavy atom. The van der Waals surface area contributed by atoms with Crippen molar-refractivity contribution in [1.29, 1.82) is 5.26 Å². The molecule has 0 atom stereocenters. The Morgan fingerprint density at radius 1 is 1.46 bits per heavy atom. The Labute approximate surface area is 79.6 Å². The van der Waals surface area contributed by atoms with Crippen LogP contribution in [0, 0.1) is 11.3 Å². The van der Waals surface area contributed by atoms with Gasteiger partial charge >= 0.3 is 10.2 Å². The van der Waals surface area contributed by atoms with Crippen LogP contribution in [0.4, 0.5) is 3.89 Å². The molecule has 0 aliphatic carbocycles. The number of hydrogen-bond donors (Lipinski definition) is 0. The Morgan fingerprint density at radius 2 is 2.08 bits per heavy atom. The summed E-state index contributed by atoms with van der Waals surface area (Å²) in [6, 6.07) is 4.97. The molecule has 0 spiro atoms. The van der Waals surface area contributed by atoms with Gasteiger partial charge in [-0.25, -0.2) is 0 Å². The van der Waals surface area contributed by atoms with Gasteiger partial charge < -0.3 is 0 Å². The Hall–Kier alpha value is -1.12. The lowest BCUT2D eigenvalue weighted by Crippen LogP contribution is -1.93. The van der Waals surface area contributed by atoms with E-state index < -0.39 is 15.1 Å². The van der Waals surface area contributed by atoms with Crippen molar-refractivity contribution in [2.45, 2.75) is 4.90 Å². The fourth-order valence-electron chi connectivity index (χ4n) is 0.768. The van der Waals surface area contributed by atoms with Gasteiger partial charge in [-0.1, -0.05) is 11.6 Å². The lowest BCUT2D eigenvalue weighted by Gasteiger charge is -1.97. The van der Waals surface area contributed by atoms with Gasteiger partial charge in [0.25, 0.3) is 0 Å². The SMILES string of the molecule is N#Cc1ccc(S(=O)(=O)F)c(Cl)c1. The van der Waals surface area contributed by atoms with Crippen molar-refractivity contribution >= 4 is 21.8 Å². The van der Waals surface area contributed by atoms with Crippen molar-refractivity contribution in [3.05, 3.63) is 28.8 Å². The Kier molecular flexibility index (Phi) is 2.55. The summed E-state index contributed by atoms with van der Waals surface area (Å²) < 4.78 is 33.3. The Balaban J connectivity index is 3.40. The summed E-state index contributed by atoms with van der Waals surface area (Å²) in [5.41, 5.74) is 0.178. The normalized spacial score (nSPS) is 10.8. The minimum absolute atomic E-state index is 0.178. The van der Waals surface area contributed by atoms with Crippen LogP contribution < -0.4 is 0 Å². The molecule has 0 saturated carbocycles. The van der Waals surface area contributed by atoms with Gasteiger partial charge in [-0.05, 0) is 18.2 Å². The van der Waals surface area contributed by atoms with Gasteiger partial charge in [-0.15, -0.1) is 3.89 Å². The summed E-state index contributed by atoms with van der Waals surface area (Å²) in [6.07, 6.45) is 0. The average molecular weight is 220 g/mol. The van der Waals surface area contributed by atoms with Crippen molar-refractivity contribution < 1.29 is 12.3 Å². The van der Waals surface area contributed by atoms with E-state index in [1.165, 1.54) is 6.07 Å². The summed E-state index contributed by atoms with van der Waals surface area (Å²) in [6.45, 7) is 0. The van der Waals surface area contributed by atoms with E-state index in [0.29, 0.717) is 0 Å². The molecular weight excluding hydrogens is 217 g/mol. The van der Waals surface area contributed by atoms with Gasteiger partial charge in [0.05, 0.1) is 16.7 Å². The lowest BCUT2D eigenvalue weighted by molar-refractivity contribution is 0.552. The molecule has 0 heterocycles. The van der Waals surface area contributed by atoms with Crippen LogP contribution in [0.2, 0.25) is 5.02 Å². The molecule has 3 nitrogen and oxygen atoms in total. The summed E-state index contributed by atoms with van der Waals surface area (Å²) in [5.74, 6) is 0. The van der Waals surface area contributed by atoms with E-state index in [-0.39, 0.29) is 10.6 Å². The van der Waals surface area contributed by atoms with Crippen molar-refractivity contribution in [2.75, 3.05) is 0 Å². The third kappa shape index (κ3) is 2.17. The minimum Gasteiger partial charge on any atom is -0.192 e. The summed E-state index contributed by atoms with van der Waals surface area (Å²) >= 11 is 5.42. The van der Waals surface area contributed by atoms with Crippen molar-refractivity contribution in [3.63, 3.8) is 0 Å². The van der Waals surface area contributed by atoms with E-state index in [0.717, 1.165) is 12.1 Å². The van der Waals surface area contributed by atoms with E-state index in [9.17, 15) is 12.3 Å². The molecule has 1 aromatic rings. The highest BCUT2D eigenvalue weighted by atomic mass is 35.5. The maximum atomic E-state index is 12.4. The fourth-order valence-corrected chi connectivity index (χ4v) is 1.75. The predicted octanol–water partition coefficient (Wildman–Crippen LogP) is 1.87. The number of nitrogens with zero attached hydrogens (tertiary/aromatic N) is 1. The van der Waals surface area contributed by atoms with Crippen molar-refractivity contribution in [1.82, 2.24) is 0 Å². The number of halogens is 2. The first-order valence-corrected chi connectivity index (χ1v) is 4.85. The maximum Gasteiger partial charge on any atom is 0.333 e. The zero-order valence-electron chi connectivity index (χ0n) is 6.16. The number of benzene rings is 1. The molecule has 0 aliphatic rings. The van der Waals surface area contributed by atoms with E-state index >= 15 is 0 Å². The van der Waals surface area contributed by atoms with E-state index in [4.69, 9.17) is 16.9 Å². The van der Waals surface area contributed by atoms with Crippen LogP contribution in [-0.4, -0.2) is 8.42 Å². The van der Waals surface area contributed by atoms with Gasteiger partial charge in [0, 0.05) is 0 Å². The number of hydrogen-bond acceptors (Lipinski definition) is 3. The van der Waals surface area contributed by atoms with Gasteiger partial charge in [-0.3, -0.25) is 0 Å². The van der Waals surface area contributed by atoms with Gasteiger partial charge in [0.15, 0.2) is 0 Å². The Bertz CT molecular complexity index is 478. The quantitative estimate of drug-likeness (QED) is 0.678. The zero-order valence-corrected chi connectivity index (χ0v) is 7.73. The largest absolute Gasteiger partial charge is 0.333 e. The molecule has 1 rings (SSSR count). The molecule has 0 aromatic heterocycles. The molecule has 0 aliphatic heterocycles. The molecule has 0 amide bonds. The fraction of sp³-hybridized carbons (Fsp3) is 0.